The predicted octanol–water partition coefficient (Wildman–Crippen LogP) is 2.44. The maximum Gasteiger partial charge on any atom is 0.276 e. The van der Waals surface area contributed by atoms with Gasteiger partial charge in [0.05, 0.1) is 13.7 Å². The number of aromatic nitrogens is 2. The summed E-state index contributed by atoms with van der Waals surface area (Å²) in [6.07, 6.45) is 5.32. The van der Waals surface area contributed by atoms with Crippen molar-refractivity contribution in [1.29, 1.82) is 0 Å². The van der Waals surface area contributed by atoms with E-state index in [-0.39, 0.29) is 35.8 Å². The number of amides is 3. The summed E-state index contributed by atoms with van der Waals surface area (Å²) in [4.78, 5) is 40.4. The lowest BCUT2D eigenvalue weighted by atomic mass is 9.92. The van der Waals surface area contributed by atoms with E-state index >= 15 is 0 Å². The van der Waals surface area contributed by atoms with Crippen LogP contribution in [0.2, 0.25) is 0 Å². The average molecular weight is 440 g/mol. The minimum Gasteiger partial charge on any atom is -0.497 e. The van der Waals surface area contributed by atoms with Crippen LogP contribution in [0.4, 0.5) is 5.69 Å². The molecule has 1 aliphatic carbocycles. The first-order valence-electron chi connectivity index (χ1n) is 10.9. The number of carbonyl (C=O) groups excluding carboxylic acids is 3. The first-order valence-corrected chi connectivity index (χ1v) is 10.9. The van der Waals surface area contributed by atoms with Crippen LogP contribution in [-0.2, 0) is 11.3 Å². The number of anilines is 1. The van der Waals surface area contributed by atoms with E-state index in [0.29, 0.717) is 11.4 Å². The van der Waals surface area contributed by atoms with E-state index in [4.69, 9.17) is 4.74 Å². The fourth-order valence-corrected chi connectivity index (χ4v) is 4.32. The fourth-order valence-electron chi connectivity index (χ4n) is 4.32. The summed E-state index contributed by atoms with van der Waals surface area (Å²) >= 11 is 0. The van der Waals surface area contributed by atoms with E-state index in [2.05, 4.69) is 15.7 Å². The third kappa shape index (κ3) is 4.06. The predicted molar refractivity (Wildman–Crippen MR) is 119 cm³/mol. The van der Waals surface area contributed by atoms with Crippen LogP contribution in [0.1, 0.15) is 60.0 Å². The molecule has 2 heterocycles. The molecule has 32 heavy (non-hydrogen) atoms. The van der Waals surface area contributed by atoms with Crippen molar-refractivity contribution in [3.8, 4) is 5.75 Å². The quantitative estimate of drug-likeness (QED) is 0.744. The van der Waals surface area contributed by atoms with E-state index < -0.39 is 11.4 Å². The summed E-state index contributed by atoms with van der Waals surface area (Å²) in [6, 6.07) is 8.58. The van der Waals surface area contributed by atoms with Crippen molar-refractivity contribution >= 4 is 23.4 Å². The van der Waals surface area contributed by atoms with Crippen LogP contribution >= 0.6 is 0 Å². The lowest BCUT2D eigenvalue weighted by Crippen LogP contribution is -2.63. The molecule has 2 N–H and O–H groups in total. The maximum atomic E-state index is 13.2. The van der Waals surface area contributed by atoms with Gasteiger partial charge in [-0.15, -0.1) is 0 Å². The summed E-state index contributed by atoms with van der Waals surface area (Å²) in [5, 5.41) is 10.2. The van der Waals surface area contributed by atoms with Crippen molar-refractivity contribution in [1.82, 2.24) is 20.0 Å². The van der Waals surface area contributed by atoms with Crippen molar-refractivity contribution in [2.75, 3.05) is 19.5 Å². The van der Waals surface area contributed by atoms with E-state index in [1.807, 2.05) is 0 Å². The molecule has 170 valence electrons. The highest BCUT2D eigenvalue weighted by molar-refractivity contribution is 6.05. The van der Waals surface area contributed by atoms with Crippen molar-refractivity contribution in [3.05, 3.63) is 41.7 Å². The Morgan fingerprint density at radius 1 is 1.19 bits per heavy atom. The Kier molecular flexibility index (Phi) is 5.90. The Morgan fingerprint density at radius 3 is 2.66 bits per heavy atom. The van der Waals surface area contributed by atoms with Crippen LogP contribution in [0.3, 0.4) is 0 Å². The van der Waals surface area contributed by atoms with Gasteiger partial charge in [0.2, 0.25) is 5.91 Å². The number of carbonyl (C=O) groups is 3. The number of hydrogen-bond donors (Lipinski definition) is 2. The minimum atomic E-state index is -1.09. The lowest BCUT2D eigenvalue weighted by Gasteiger charge is -2.41. The molecule has 2 aliphatic rings. The second-order valence-electron chi connectivity index (χ2n) is 8.70. The Balaban J connectivity index is 1.53. The van der Waals surface area contributed by atoms with Crippen LogP contribution < -0.4 is 15.4 Å². The molecule has 1 saturated carbocycles. The Hall–Kier alpha value is -3.36. The molecule has 1 fully saturated rings. The molecule has 0 bridgehead atoms. The van der Waals surface area contributed by atoms with E-state index in [1.54, 1.807) is 45.3 Å². The molecule has 0 radical (unpaired) electrons. The average Bonchev–Trinajstić information content (AvgIpc) is 3.22. The molecule has 9 heteroatoms. The number of likely N-dealkylation sites (N-methyl/N-ethyl adjacent to an activating group) is 1. The number of benzene rings is 1. The van der Waals surface area contributed by atoms with Gasteiger partial charge in [-0.1, -0.05) is 25.3 Å². The standard InChI is InChI=1S/C23H29N5O4/c1-23(22(31)25-15-8-5-4-6-9-15)14-28-19(21(30)27(23)2)13-18(26-28)20(29)24-16-10-7-11-17(12-16)32-3/h7,10-13,15H,4-6,8-9,14H2,1-3H3,(H,24,29)(H,25,31). The molecular formula is C23H29N5O4. The topological polar surface area (TPSA) is 106 Å². The SMILES string of the molecule is COc1cccc(NC(=O)c2cc3n(n2)CC(C)(C(=O)NC2CCCCC2)N(C)C3=O)c1. The molecule has 0 spiro atoms. The van der Waals surface area contributed by atoms with Gasteiger partial charge in [-0.3, -0.25) is 19.1 Å². The summed E-state index contributed by atoms with van der Waals surface area (Å²) < 4.78 is 6.64. The fraction of sp³-hybridized carbons (Fsp3) is 0.478. The van der Waals surface area contributed by atoms with Gasteiger partial charge >= 0.3 is 0 Å². The highest BCUT2D eigenvalue weighted by atomic mass is 16.5. The zero-order valence-corrected chi connectivity index (χ0v) is 18.7. The van der Waals surface area contributed by atoms with E-state index in [9.17, 15) is 14.4 Å². The van der Waals surface area contributed by atoms with Crippen LogP contribution in [0.5, 0.6) is 5.75 Å². The number of fused-ring (bicyclic) bond motifs is 1. The van der Waals surface area contributed by atoms with Crippen molar-refractivity contribution < 1.29 is 19.1 Å². The highest BCUT2D eigenvalue weighted by Gasteiger charge is 2.46. The van der Waals surface area contributed by atoms with Gasteiger partial charge in [0, 0.05) is 30.9 Å². The van der Waals surface area contributed by atoms with Gasteiger partial charge in [-0.05, 0) is 31.9 Å². The molecule has 1 unspecified atom stereocenters. The Morgan fingerprint density at radius 2 is 1.94 bits per heavy atom. The monoisotopic (exact) mass is 439 g/mol. The molecule has 9 nitrogen and oxygen atoms in total. The maximum absolute atomic E-state index is 13.2. The number of methoxy groups -OCH3 is 1. The van der Waals surface area contributed by atoms with E-state index in [1.165, 1.54) is 22.1 Å². The van der Waals surface area contributed by atoms with Gasteiger partial charge in [0.1, 0.15) is 17.0 Å². The van der Waals surface area contributed by atoms with Crippen LogP contribution in [0.15, 0.2) is 30.3 Å². The summed E-state index contributed by atoms with van der Waals surface area (Å²) in [5.74, 6) is -0.360. The zero-order chi connectivity index (χ0) is 22.9. The molecule has 1 aromatic heterocycles. The first kappa shape index (κ1) is 21.9. The molecule has 1 aromatic carbocycles. The first-order chi connectivity index (χ1) is 15.3. The third-order valence-corrected chi connectivity index (χ3v) is 6.49. The largest absolute Gasteiger partial charge is 0.497 e. The number of hydrogen-bond acceptors (Lipinski definition) is 5. The van der Waals surface area contributed by atoms with Gasteiger partial charge in [-0.25, -0.2) is 0 Å². The summed E-state index contributed by atoms with van der Waals surface area (Å²) in [5.41, 5.74) is -0.137. The van der Waals surface area contributed by atoms with Crippen molar-refractivity contribution in [2.45, 2.75) is 57.2 Å². The second kappa shape index (κ2) is 8.64. The number of rotatable bonds is 5. The molecular weight excluding hydrogens is 410 g/mol. The zero-order valence-electron chi connectivity index (χ0n) is 18.7. The Labute approximate surface area is 187 Å². The Bertz CT molecular complexity index is 1040. The van der Waals surface area contributed by atoms with Crippen LogP contribution in [0.25, 0.3) is 0 Å². The highest BCUT2D eigenvalue weighted by Crippen LogP contribution is 2.27. The molecule has 4 rings (SSSR count). The van der Waals surface area contributed by atoms with Gasteiger partial charge in [0.15, 0.2) is 5.69 Å². The number of nitrogens with one attached hydrogen (secondary N) is 2. The smallest absolute Gasteiger partial charge is 0.276 e. The molecule has 2 aromatic rings. The lowest BCUT2D eigenvalue weighted by molar-refractivity contribution is -0.133. The van der Waals surface area contributed by atoms with E-state index in [0.717, 1.165) is 25.7 Å². The van der Waals surface area contributed by atoms with Crippen LogP contribution in [0, 0.1) is 0 Å². The molecule has 0 saturated heterocycles. The van der Waals surface area contributed by atoms with Crippen LogP contribution in [-0.4, -0.2) is 58.1 Å². The number of nitrogens with zero attached hydrogens (tertiary/aromatic N) is 3. The molecule has 1 atom stereocenters. The van der Waals surface area contributed by atoms with Crippen molar-refractivity contribution in [3.63, 3.8) is 0 Å². The summed E-state index contributed by atoms with van der Waals surface area (Å²) in [6.45, 7) is 1.92. The minimum absolute atomic E-state index is 0.113. The van der Waals surface area contributed by atoms with Gasteiger partial charge < -0.3 is 20.3 Å². The van der Waals surface area contributed by atoms with Crippen molar-refractivity contribution in [2.24, 2.45) is 0 Å². The second-order valence-corrected chi connectivity index (χ2v) is 8.70. The molecule has 1 aliphatic heterocycles. The normalized spacial score (nSPS) is 21.1. The summed E-state index contributed by atoms with van der Waals surface area (Å²) in [7, 11) is 3.17. The van der Waals surface area contributed by atoms with Gasteiger partial charge in [-0.2, -0.15) is 5.10 Å². The number of ether oxygens (including phenoxy) is 1. The third-order valence-electron chi connectivity index (χ3n) is 6.49. The van der Waals surface area contributed by atoms with Gasteiger partial charge in [0.25, 0.3) is 11.8 Å². The molecule has 3 amide bonds.